The normalized spacial score (nSPS) is 16.2. The molecule has 2 heterocycles. The quantitative estimate of drug-likeness (QED) is 0.673. The lowest BCUT2D eigenvalue weighted by Gasteiger charge is -2.13. The minimum Gasteiger partial charge on any atom is -0.451 e. The molecule has 1 unspecified atom stereocenters. The average Bonchev–Trinajstić information content (AvgIpc) is 3.35. The van der Waals surface area contributed by atoms with Gasteiger partial charge in [-0.3, -0.25) is 9.59 Å². The van der Waals surface area contributed by atoms with Gasteiger partial charge in [0.1, 0.15) is 5.58 Å². The Kier molecular flexibility index (Phi) is 5.32. The summed E-state index contributed by atoms with van der Waals surface area (Å²) in [6.07, 6.45) is 2.00. The van der Waals surface area contributed by atoms with Gasteiger partial charge in [-0.2, -0.15) is 0 Å². The number of hydrogen-bond acceptors (Lipinski definition) is 4. The van der Waals surface area contributed by atoms with Crippen LogP contribution in [0.25, 0.3) is 11.0 Å². The van der Waals surface area contributed by atoms with Gasteiger partial charge >= 0.3 is 0 Å². The van der Waals surface area contributed by atoms with Crippen LogP contribution >= 0.6 is 11.6 Å². The number of para-hydroxylation sites is 1. The summed E-state index contributed by atoms with van der Waals surface area (Å²) in [6, 6.07) is 13.6. The summed E-state index contributed by atoms with van der Waals surface area (Å²) in [5.41, 5.74) is 1.36. The lowest BCUT2D eigenvalue weighted by Crippen LogP contribution is -2.32. The van der Waals surface area contributed by atoms with Crippen molar-refractivity contribution in [3.05, 3.63) is 64.9 Å². The molecule has 7 heteroatoms. The molecular weight excluding hydrogens is 380 g/mol. The molecule has 1 saturated heterocycles. The first-order chi connectivity index (χ1) is 13.6. The fourth-order valence-electron chi connectivity index (χ4n) is 3.21. The van der Waals surface area contributed by atoms with E-state index in [2.05, 4.69) is 10.6 Å². The van der Waals surface area contributed by atoms with E-state index >= 15 is 0 Å². The summed E-state index contributed by atoms with van der Waals surface area (Å²) in [4.78, 5) is 25.2. The first-order valence-electron chi connectivity index (χ1n) is 9.09. The SMILES string of the molecule is O=C(Nc1ccccc1C(=O)NCC1CCCO1)c1cc2cc(Cl)ccc2o1. The molecule has 1 aliphatic rings. The van der Waals surface area contributed by atoms with Crippen LogP contribution in [-0.2, 0) is 4.74 Å². The van der Waals surface area contributed by atoms with Crippen molar-refractivity contribution < 1.29 is 18.7 Å². The van der Waals surface area contributed by atoms with Crippen LogP contribution in [0, 0.1) is 0 Å². The van der Waals surface area contributed by atoms with E-state index in [0.29, 0.717) is 28.4 Å². The van der Waals surface area contributed by atoms with E-state index in [4.69, 9.17) is 20.8 Å². The minimum absolute atomic E-state index is 0.0491. The zero-order valence-corrected chi connectivity index (χ0v) is 15.8. The van der Waals surface area contributed by atoms with Crippen molar-refractivity contribution in [1.82, 2.24) is 5.32 Å². The van der Waals surface area contributed by atoms with Crippen LogP contribution < -0.4 is 10.6 Å². The van der Waals surface area contributed by atoms with Crippen molar-refractivity contribution in [2.45, 2.75) is 18.9 Å². The molecule has 1 aromatic heterocycles. The summed E-state index contributed by atoms with van der Waals surface area (Å²) in [5, 5.41) is 6.92. The van der Waals surface area contributed by atoms with E-state index in [1.807, 2.05) is 0 Å². The predicted octanol–water partition coefficient (Wildman–Crippen LogP) is 4.25. The van der Waals surface area contributed by atoms with Crippen molar-refractivity contribution in [1.29, 1.82) is 0 Å². The third-order valence-electron chi connectivity index (χ3n) is 4.64. The topological polar surface area (TPSA) is 80.6 Å². The molecule has 1 atom stereocenters. The Labute approximate surface area is 166 Å². The third-order valence-corrected chi connectivity index (χ3v) is 4.87. The van der Waals surface area contributed by atoms with Gasteiger partial charge in [-0.25, -0.2) is 0 Å². The number of hydrogen-bond donors (Lipinski definition) is 2. The van der Waals surface area contributed by atoms with Crippen LogP contribution in [0.5, 0.6) is 0 Å². The zero-order valence-electron chi connectivity index (χ0n) is 15.0. The molecule has 1 aliphatic heterocycles. The Balaban J connectivity index is 1.49. The van der Waals surface area contributed by atoms with Crippen LogP contribution in [0.4, 0.5) is 5.69 Å². The van der Waals surface area contributed by atoms with Gasteiger partial charge in [0.25, 0.3) is 11.8 Å². The second kappa shape index (κ2) is 8.04. The van der Waals surface area contributed by atoms with Gasteiger partial charge in [0.05, 0.1) is 17.4 Å². The predicted molar refractivity (Wildman–Crippen MR) is 107 cm³/mol. The Morgan fingerprint density at radius 1 is 1.11 bits per heavy atom. The highest BCUT2D eigenvalue weighted by molar-refractivity contribution is 6.31. The maximum atomic E-state index is 12.6. The highest BCUT2D eigenvalue weighted by Gasteiger charge is 2.19. The van der Waals surface area contributed by atoms with E-state index in [1.54, 1.807) is 48.5 Å². The Morgan fingerprint density at radius 3 is 2.79 bits per heavy atom. The number of anilines is 1. The van der Waals surface area contributed by atoms with E-state index in [9.17, 15) is 9.59 Å². The summed E-state index contributed by atoms with van der Waals surface area (Å²) >= 11 is 5.97. The maximum absolute atomic E-state index is 12.6. The largest absolute Gasteiger partial charge is 0.451 e. The molecule has 0 spiro atoms. The van der Waals surface area contributed by atoms with Crippen molar-refractivity contribution in [3.63, 3.8) is 0 Å². The molecule has 144 valence electrons. The van der Waals surface area contributed by atoms with E-state index in [-0.39, 0.29) is 17.8 Å². The number of amides is 2. The fourth-order valence-corrected chi connectivity index (χ4v) is 3.39. The number of benzene rings is 2. The first kappa shape index (κ1) is 18.5. The van der Waals surface area contributed by atoms with Crippen LogP contribution in [-0.4, -0.2) is 31.1 Å². The van der Waals surface area contributed by atoms with E-state index in [0.717, 1.165) is 24.8 Å². The lowest BCUT2D eigenvalue weighted by atomic mass is 10.1. The van der Waals surface area contributed by atoms with Gasteiger partial charge in [-0.1, -0.05) is 23.7 Å². The Morgan fingerprint density at radius 2 is 1.96 bits per heavy atom. The van der Waals surface area contributed by atoms with Gasteiger partial charge in [0.2, 0.25) is 0 Å². The first-order valence-corrected chi connectivity index (χ1v) is 9.47. The number of nitrogens with one attached hydrogen (secondary N) is 2. The molecule has 0 radical (unpaired) electrons. The second-order valence-electron chi connectivity index (χ2n) is 6.64. The van der Waals surface area contributed by atoms with Crippen LogP contribution in [0.2, 0.25) is 5.02 Å². The molecule has 2 aromatic carbocycles. The number of furan rings is 1. The van der Waals surface area contributed by atoms with E-state index in [1.165, 1.54) is 0 Å². The summed E-state index contributed by atoms with van der Waals surface area (Å²) in [6.45, 7) is 1.18. The third kappa shape index (κ3) is 4.03. The van der Waals surface area contributed by atoms with Crippen LogP contribution in [0.3, 0.4) is 0 Å². The van der Waals surface area contributed by atoms with Crippen molar-refractivity contribution in [3.8, 4) is 0 Å². The zero-order chi connectivity index (χ0) is 19.5. The summed E-state index contributed by atoms with van der Waals surface area (Å²) < 4.78 is 11.1. The van der Waals surface area contributed by atoms with Gasteiger partial charge in [0, 0.05) is 23.6 Å². The minimum atomic E-state index is -0.438. The molecule has 0 saturated carbocycles. The Bertz CT molecular complexity index is 1020. The highest BCUT2D eigenvalue weighted by atomic mass is 35.5. The highest BCUT2D eigenvalue weighted by Crippen LogP contribution is 2.24. The van der Waals surface area contributed by atoms with Crippen LogP contribution in [0.1, 0.15) is 33.8 Å². The molecule has 2 amide bonds. The number of carbonyl (C=O) groups is 2. The summed E-state index contributed by atoms with van der Waals surface area (Å²) in [5.74, 6) is -0.554. The molecule has 28 heavy (non-hydrogen) atoms. The number of fused-ring (bicyclic) bond motifs is 1. The monoisotopic (exact) mass is 398 g/mol. The number of halogens is 1. The molecule has 6 nitrogen and oxygen atoms in total. The van der Waals surface area contributed by atoms with Gasteiger partial charge in [-0.05, 0) is 49.2 Å². The molecule has 0 aliphatic carbocycles. The van der Waals surface area contributed by atoms with Crippen molar-refractivity contribution in [2.24, 2.45) is 0 Å². The maximum Gasteiger partial charge on any atom is 0.291 e. The van der Waals surface area contributed by atoms with Crippen molar-refractivity contribution >= 4 is 40.1 Å². The molecule has 0 bridgehead atoms. The average molecular weight is 399 g/mol. The number of carbonyl (C=O) groups excluding carboxylic acids is 2. The molecule has 3 aromatic rings. The molecule has 4 rings (SSSR count). The second-order valence-corrected chi connectivity index (χ2v) is 7.07. The van der Waals surface area contributed by atoms with Gasteiger partial charge < -0.3 is 19.8 Å². The fraction of sp³-hybridized carbons (Fsp3) is 0.238. The van der Waals surface area contributed by atoms with Crippen LogP contribution in [0.15, 0.2) is 52.9 Å². The van der Waals surface area contributed by atoms with Gasteiger partial charge in [-0.15, -0.1) is 0 Å². The number of ether oxygens (including phenoxy) is 1. The Hall–Kier alpha value is -2.83. The summed E-state index contributed by atoms with van der Waals surface area (Å²) in [7, 11) is 0. The number of rotatable bonds is 5. The standard InChI is InChI=1S/C21H19ClN2O4/c22-14-7-8-18-13(10-14)11-19(28-18)21(26)24-17-6-2-1-5-16(17)20(25)23-12-15-4-3-9-27-15/h1-2,5-8,10-11,15H,3-4,9,12H2,(H,23,25)(H,24,26). The van der Waals surface area contributed by atoms with Crippen molar-refractivity contribution in [2.75, 3.05) is 18.5 Å². The smallest absolute Gasteiger partial charge is 0.291 e. The van der Waals surface area contributed by atoms with Gasteiger partial charge in [0.15, 0.2) is 5.76 Å². The van der Waals surface area contributed by atoms with E-state index < -0.39 is 5.91 Å². The molecule has 2 N–H and O–H groups in total. The molecule has 1 fully saturated rings. The molecular formula is C21H19ClN2O4. The lowest BCUT2D eigenvalue weighted by molar-refractivity contribution is 0.0858.